The fourth-order valence-electron chi connectivity index (χ4n) is 5.17. The molecule has 194 valence electrons. The molecule has 4 heterocycles. The van der Waals surface area contributed by atoms with Gasteiger partial charge in [-0.05, 0) is 57.0 Å². The highest BCUT2D eigenvalue weighted by atomic mass is 16.6. The lowest BCUT2D eigenvalue weighted by Gasteiger charge is -2.34. The molecule has 1 fully saturated rings. The smallest absolute Gasteiger partial charge is 0.410 e. The molecule has 3 amide bonds. The van der Waals surface area contributed by atoms with Crippen LogP contribution in [0.25, 0.3) is 11.0 Å². The number of pyridine rings is 1. The highest BCUT2D eigenvalue weighted by Crippen LogP contribution is 2.36. The van der Waals surface area contributed by atoms with Crippen molar-refractivity contribution in [1.82, 2.24) is 19.4 Å². The van der Waals surface area contributed by atoms with Gasteiger partial charge in [0.25, 0.3) is 5.91 Å². The topological polar surface area (TPSA) is 94.0 Å². The maximum atomic E-state index is 13.8. The summed E-state index contributed by atoms with van der Waals surface area (Å²) in [6, 6.07) is 10.7. The van der Waals surface area contributed by atoms with Crippen LogP contribution in [-0.2, 0) is 33.8 Å². The Morgan fingerprint density at radius 2 is 1.86 bits per heavy atom. The lowest BCUT2D eigenvalue weighted by Crippen LogP contribution is -2.46. The van der Waals surface area contributed by atoms with Gasteiger partial charge in [-0.25, -0.2) is 9.78 Å². The van der Waals surface area contributed by atoms with Crippen molar-refractivity contribution in [3.05, 3.63) is 59.4 Å². The number of hydrogen-bond donors (Lipinski definition) is 0. The van der Waals surface area contributed by atoms with Crippen LogP contribution in [0.3, 0.4) is 0 Å². The van der Waals surface area contributed by atoms with Crippen LogP contribution in [0.1, 0.15) is 56.5 Å². The Balaban J connectivity index is 1.47. The molecule has 9 heteroatoms. The van der Waals surface area contributed by atoms with Gasteiger partial charge in [-0.15, -0.1) is 0 Å². The molecule has 0 N–H and O–H groups in total. The predicted octanol–water partition coefficient (Wildman–Crippen LogP) is 4.23. The van der Waals surface area contributed by atoms with Gasteiger partial charge >= 0.3 is 6.09 Å². The summed E-state index contributed by atoms with van der Waals surface area (Å²) in [6.07, 6.45) is 2.62. The highest BCUT2D eigenvalue weighted by molar-refractivity contribution is 6.00. The van der Waals surface area contributed by atoms with Crippen LogP contribution in [0.15, 0.2) is 42.6 Å². The standard InChI is InChI=1S/C28H32N4O5/c1-28(2,3)37-27(35)30-15-13-22-21(17-30)20-6-5-14-29-25(20)32(22)23-11-12-24(33)31(26(23)34)16-18-7-9-19(36-4)10-8-18/h5-10,14,23H,11-13,15-17H2,1-4H3. The van der Waals surface area contributed by atoms with Crippen molar-refractivity contribution in [3.8, 4) is 5.75 Å². The van der Waals surface area contributed by atoms with E-state index in [0.717, 1.165) is 28.0 Å². The molecule has 2 aliphatic rings. The number of aromatic nitrogens is 2. The van der Waals surface area contributed by atoms with E-state index in [1.54, 1.807) is 18.2 Å². The van der Waals surface area contributed by atoms with E-state index in [0.29, 0.717) is 31.6 Å². The Bertz CT molecular complexity index is 1360. The number of carbonyl (C=O) groups is 3. The van der Waals surface area contributed by atoms with Gasteiger partial charge in [0, 0.05) is 42.2 Å². The second-order valence-electron chi connectivity index (χ2n) is 10.5. The quantitative estimate of drug-likeness (QED) is 0.494. The Morgan fingerprint density at radius 1 is 1.11 bits per heavy atom. The number of amides is 3. The van der Waals surface area contributed by atoms with Gasteiger partial charge in [-0.3, -0.25) is 14.5 Å². The van der Waals surface area contributed by atoms with E-state index in [1.165, 1.54) is 4.90 Å². The number of carbonyl (C=O) groups excluding carboxylic acids is 3. The lowest BCUT2D eigenvalue weighted by atomic mass is 10.0. The monoisotopic (exact) mass is 504 g/mol. The number of hydrogen-bond acceptors (Lipinski definition) is 6. The van der Waals surface area contributed by atoms with E-state index in [4.69, 9.17) is 9.47 Å². The number of ether oxygens (including phenoxy) is 2. The molecular weight excluding hydrogens is 472 g/mol. The zero-order valence-electron chi connectivity index (χ0n) is 21.7. The molecule has 0 radical (unpaired) electrons. The van der Waals surface area contributed by atoms with Crippen molar-refractivity contribution in [3.63, 3.8) is 0 Å². The second kappa shape index (κ2) is 9.53. The van der Waals surface area contributed by atoms with Crippen molar-refractivity contribution in [2.45, 2.75) is 64.8 Å². The Morgan fingerprint density at radius 3 is 2.57 bits per heavy atom. The van der Waals surface area contributed by atoms with Crippen LogP contribution in [0.5, 0.6) is 5.75 Å². The molecule has 3 aromatic rings. The maximum Gasteiger partial charge on any atom is 0.410 e. The summed E-state index contributed by atoms with van der Waals surface area (Å²) < 4.78 is 12.8. The molecule has 5 rings (SSSR count). The second-order valence-corrected chi connectivity index (χ2v) is 10.5. The molecule has 0 aliphatic carbocycles. The minimum atomic E-state index is -0.582. The fourth-order valence-corrected chi connectivity index (χ4v) is 5.17. The van der Waals surface area contributed by atoms with Crippen molar-refractivity contribution in [2.24, 2.45) is 0 Å². The minimum Gasteiger partial charge on any atom is -0.497 e. The van der Waals surface area contributed by atoms with Crippen LogP contribution < -0.4 is 4.74 Å². The first-order valence-electron chi connectivity index (χ1n) is 12.6. The molecule has 9 nitrogen and oxygen atoms in total. The molecule has 1 aromatic carbocycles. The number of benzene rings is 1. The summed E-state index contributed by atoms with van der Waals surface area (Å²) in [4.78, 5) is 47.1. The minimum absolute atomic E-state index is 0.175. The summed E-state index contributed by atoms with van der Waals surface area (Å²) in [5.74, 6) is 0.313. The van der Waals surface area contributed by atoms with E-state index in [-0.39, 0.29) is 30.9 Å². The van der Waals surface area contributed by atoms with Crippen molar-refractivity contribution < 1.29 is 23.9 Å². The van der Waals surface area contributed by atoms with Gasteiger partial charge in [0.1, 0.15) is 23.0 Å². The van der Waals surface area contributed by atoms with Gasteiger partial charge in [-0.1, -0.05) is 12.1 Å². The molecule has 0 saturated carbocycles. The molecule has 2 aromatic heterocycles. The average molecular weight is 505 g/mol. The van der Waals surface area contributed by atoms with E-state index < -0.39 is 11.6 Å². The molecule has 0 bridgehead atoms. The Kier molecular flexibility index (Phi) is 6.39. The molecule has 37 heavy (non-hydrogen) atoms. The maximum absolute atomic E-state index is 13.8. The molecule has 1 atom stereocenters. The van der Waals surface area contributed by atoms with E-state index in [2.05, 4.69) is 4.98 Å². The summed E-state index contributed by atoms with van der Waals surface area (Å²) >= 11 is 0. The number of nitrogens with zero attached hydrogens (tertiary/aromatic N) is 4. The van der Waals surface area contributed by atoms with Crippen LogP contribution in [0.2, 0.25) is 0 Å². The lowest BCUT2D eigenvalue weighted by molar-refractivity contribution is -0.151. The number of fused-ring (bicyclic) bond motifs is 3. The third-order valence-electron chi connectivity index (χ3n) is 6.89. The fraction of sp³-hybridized carbons (Fsp3) is 0.429. The number of methoxy groups -OCH3 is 1. The SMILES string of the molecule is COc1ccc(CN2C(=O)CCC(n3c4c(c5cccnc53)CN(C(=O)OC(C)(C)C)CC4)C2=O)cc1. The first kappa shape index (κ1) is 24.8. The first-order chi connectivity index (χ1) is 17.7. The van der Waals surface area contributed by atoms with Crippen molar-refractivity contribution in [1.29, 1.82) is 0 Å². The van der Waals surface area contributed by atoms with Crippen LogP contribution in [0.4, 0.5) is 4.79 Å². The Labute approximate surface area is 216 Å². The van der Waals surface area contributed by atoms with E-state index in [1.807, 2.05) is 61.7 Å². The summed E-state index contributed by atoms with van der Waals surface area (Å²) in [5, 5.41) is 0.914. The normalized spacial score (nSPS) is 18.2. The number of rotatable bonds is 4. The van der Waals surface area contributed by atoms with Gasteiger partial charge < -0.3 is 18.9 Å². The third-order valence-corrected chi connectivity index (χ3v) is 6.89. The third kappa shape index (κ3) is 4.77. The first-order valence-corrected chi connectivity index (χ1v) is 12.6. The zero-order chi connectivity index (χ0) is 26.3. The Hall–Kier alpha value is -3.88. The van der Waals surface area contributed by atoms with E-state index >= 15 is 0 Å². The molecule has 2 aliphatic heterocycles. The summed E-state index contributed by atoms with van der Waals surface area (Å²) in [7, 11) is 1.60. The zero-order valence-corrected chi connectivity index (χ0v) is 21.7. The van der Waals surface area contributed by atoms with Gasteiger partial charge in [0.05, 0.1) is 20.2 Å². The average Bonchev–Trinajstić information content (AvgIpc) is 3.20. The largest absolute Gasteiger partial charge is 0.497 e. The number of likely N-dealkylation sites (tertiary alicyclic amines) is 1. The van der Waals surface area contributed by atoms with Crippen LogP contribution >= 0.6 is 0 Å². The number of imide groups is 1. The highest BCUT2D eigenvalue weighted by Gasteiger charge is 2.39. The predicted molar refractivity (Wildman–Crippen MR) is 137 cm³/mol. The van der Waals surface area contributed by atoms with Gasteiger partial charge in [0.2, 0.25) is 5.91 Å². The van der Waals surface area contributed by atoms with Crippen LogP contribution in [0, 0.1) is 0 Å². The molecular formula is C28H32N4O5. The van der Waals surface area contributed by atoms with E-state index in [9.17, 15) is 14.4 Å². The summed E-state index contributed by atoms with van der Waals surface area (Å²) in [5.41, 5.74) is 2.95. The molecule has 1 saturated heterocycles. The molecule has 1 unspecified atom stereocenters. The number of piperidine rings is 1. The van der Waals surface area contributed by atoms with Crippen molar-refractivity contribution in [2.75, 3.05) is 13.7 Å². The van der Waals surface area contributed by atoms with Gasteiger partial charge in [0.15, 0.2) is 0 Å². The van der Waals surface area contributed by atoms with Gasteiger partial charge in [-0.2, -0.15) is 0 Å². The molecule has 0 spiro atoms. The summed E-state index contributed by atoms with van der Waals surface area (Å²) in [6.45, 7) is 6.62. The van der Waals surface area contributed by atoms with Crippen molar-refractivity contribution >= 4 is 28.9 Å². The van der Waals surface area contributed by atoms with Crippen LogP contribution in [-0.4, -0.2) is 56.5 Å².